The summed E-state index contributed by atoms with van der Waals surface area (Å²) in [6.07, 6.45) is 2.88. The van der Waals surface area contributed by atoms with E-state index in [9.17, 15) is 14.0 Å². The molecule has 1 aliphatic rings. The van der Waals surface area contributed by atoms with Crippen molar-refractivity contribution in [2.75, 3.05) is 43.1 Å². The Labute approximate surface area is 196 Å². The smallest absolute Gasteiger partial charge is 0.340 e. The topological polar surface area (TPSA) is 81.0 Å². The van der Waals surface area contributed by atoms with Crippen LogP contribution in [0.3, 0.4) is 0 Å². The molecule has 0 bridgehead atoms. The molecule has 0 saturated carbocycles. The average Bonchev–Trinajstić information content (AvgIpc) is 3.33. The van der Waals surface area contributed by atoms with Crippen LogP contribution in [0, 0.1) is 5.82 Å². The van der Waals surface area contributed by atoms with E-state index in [-0.39, 0.29) is 18.3 Å². The Morgan fingerprint density at radius 3 is 2.59 bits per heavy atom. The van der Waals surface area contributed by atoms with Gasteiger partial charge in [0.05, 0.1) is 31.1 Å². The van der Waals surface area contributed by atoms with Gasteiger partial charge in [-0.05, 0) is 67.6 Å². The number of nitrogens with one attached hydrogen (secondary N) is 1. The van der Waals surface area contributed by atoms with Crippen molar-refractivity contribution in [2.24, 2.45) is 0 Å². The van der Waals surface area contributed by atoms with Gasteiger partial charge in [-0.1, -0.05) is 0 Å². The third-order valence-corrected chi connectivity index (χ3v) is 5.27. The Bertz CT molecular complexity index is 1180. The van der Waals surface area contributed by atoms with Crippen molar-refractivity contribution in [1.82, 2.24) is 0 Å². The number of furan rings is 1. The van der Waals surface area contributed by atoms with Gasteiger partial charge in [0.2, 0.25) is 5.91 Å². The van der Waals surface area contributed by atoms with Gasteiger partial charge in [0.25, 0.3) is 0 Å². The molecule has 8 heteroatoms. The second kappa shape index (κ2) is 10.8. The molecule has 34 heavy (non-hydrogen) atoms. The summed E-state index contributed by atoms with van der Waals surface area (Å²) in [5, 5.41) is 2.76. The predicted molar refractivity (Wildman–Crippen MR) is 127 cm³/mol. The molecule has 3 aromatic rings. The summed E-state index contributed by atoms with van der Waals surface area (Å²) >= 11 is 0. The number of anilines is 2. The lowest BCUT2D eigenvalue weighted by molar-refractivity contribution is -0.111. The van der Waals surface area contributed by atoms with Gasteiger partial charge in [0.1, 0.15) is 17.3 Å². The highest BCUT2D eigenvalue weighted by molar-refractivity contribution is 6.03. The number of hydrogen-bond acceptors (Lipinski definition) is 6. The molecule has 1 fully saturated rings. The Kier molecular flexibility index (Phi) is 7.39. The van der Waals surface area contributed by atoms with Crippen molar-refractivity contribution >= 4 is 29.3 Å². The molecule has 1 aromatic heterocycles. The minimum Gasteiger partial charge on any atom is -0.462 e. The molecule has 0 spiro atoms. The van der Waals surface area contributed by atoms with Crippen molar-refractivity contribution in [1.29, 1.82) is 0 Å². The van der Waals surface area contributed by atoms with E-state index in [4.69, 9.17) is 13.9 Å². The summed E-state index contributed by atoms with van der Waals surface area (Å²) < 4.78 is 29.4. The molecule has 0 unspecified atom stereocenters. The summed E-state index contributed by atoms with van der Waals surface area (Å²) in [4.78, 5) is 27.1. The fourth-order valence-electron chi connectivity index (χ4n) is 3.62. The molecule has 1 amide bonds. The summed E-state index contributed by atoms with van der Waals surface area (Å²) in [5.74, 6) is -0.105. The quantitative estimate of drug-likeness (QED) is 0.402. The molecule has 1 aliphatic heterocycles. The van der Waals surface area contributed by atoms with Crippen LogP contribution in [-0.4, -0.2) is 44.8 Å². The number of nitrogens with zero attached hydrogens (tertiary/aromatic N) is 1. The van der Waals surface area contributed by atoms with Gasteiger partial charge in [0.15, 0.2) is 0 Å². The lowest BCUT2D eigenvalue weighted by atomic mass is 10.1. The maximum atomic E-state index is 13.1. The van der Waals surface area contributed by atoms with Gasteiger partial charge >= 0.3 is 5.97 Å². The first kappa shape index (κ1) is 23.3. The zero-order valence-corrected chi connectivity index (χ0v) is 18.8. The molecule has 2 heterocycles. The van der Waals surface area contributed by atoms with E-state index in [1.54, 1.807) is 49.4 Å². The number of morpholine rings is 1. The van der Waals surface area contributed by atoms with E-state index in [1.165, 1.54) is 24.3 Å². The average molecular weight is 464 g/mol. The van der Waals surface area contributed by atoms with Crippen LogP contribution in [0.4, 0.5) is 15.8 Å². The highest BCUT2D eigenvalue weighted by Crippen LogP contribution is 2.27. The number of amides is 1. The molecule has 176 valence electrons. The van der Waals surface area contributed by atoms with E-state index in [2.05, 4.69) is 10.2 Å². The number of esters is 1. The van der Waals surface area contributed by atoms with Crippen LogP contribution in [0.15, 0.2) is 65.1 Å². The van der Waals surface area contributed by atoms with E-state index >= 15 is 0 Å². The normalized spacial score (nSPS) is 13.8. The van der Waals surface area contributed by atoms with Gasteiger partial charge in [-0.15, -0.1) is 0 Å². The lowest BCUT2D eigenvalue weighted by Gasteiger charge is -2.30. The Morgan fingerprint density at radius 2 is 1.85 bits per heavy atom. The van der Waals surface area contributed by atoms with E-state index in [0.717, 1.165) is 11.3 Å². The second-order valence-corrected chi connectivity index (χ2v) is 7.58. The number of carbonyl (C=O) groups excluding carboxylic acids is 2. The molecule has 1 N–H and O–H groups in total. The molecule has 7 nitrogen and oxygen atoms in total. The second-order valence-electron chi connectivity index (χ2n) is 7.58. The number of benzene rings is 2. The molecule has 2 aromatic carbocycles. The molecule has 4 rings (SSSR count). The SMILES string of the molecule is CCOC(=O)c1cc(NC(=O)/C=C/c2ccc(-c3ccc(F)cc3)o2)ccc1N1CCOCC1. The third kappa shape index (κ3) is 5.71. The van der Waals surface area contributed by atoms with Gasteiger partial charge in [-0.25, -0.2) is 9.18 Å². The van der Waals surface area contributed by atoms with Gasteiger partial charge in [-0.2, -0.15) is 0 Å². The van der Waals surface area contributed by atoms with Crippen molar-refractivity contribution in [3.8, 4) is 11.3 Å². The highest BCUT2D eigenvalue weighted by atomic mass is 19.1. The predicted octanol–water partition coefficient (Wildman–Crippen LogP) is 4.75. The zero-order chi connectivity index (χ0) is 23.9. The minimum atomic E-state index is -0.445. The largest absolute Gasteiger partial charge is 0.462 e. The van der Waals surface area contributed by atoms with Gasteiger partial charge in [-0.3, -0.25) is 4.79 Å². The van der Waals surface area contributed by atoms with Crippen LogP contribution >= 0.6 is 0 Å². The van der Waals surface area contributed by atoms with E-state index in [1.807, 2.05) is 0 Å². The first-order chi connectivity index (χ1) is 16.5. The third-order valence-electron chi connectivity index (χ3n) is 5.27. The zero-order valence-electron chi connectivity index (χ0n) is 18.8. The molecular weight excluding hydrogens is 439 g/mol. The highest BCUT2D eigenvalue weighted by Gasteiger charge is 2.20. The van der Waals surface area contributed by atoms with Crippen molar-refractivity contribution in [2.45, 2.75) is 6.92 Å². The van der Waals surface area contributed by atoms with Crippen LogP contribution in [0.25, 0.3) is 17.4 Å². The van der Waals surface area contributed by atoms with Gasteiger partial charge in [0, 0.05) is 30.4 Å². The molecule has 0 atom stereocenters. The fraction of sp³-hybridized carbons (Fsp3) is 0.231. The van der Waals surface area contributed by atoms with Crippen molar-refractivity contribution in [3.63, 3.8) is 0 Å². The number of carbonyl (C=O) groups is 2. The first-order valence-corrected chi connectivity index (χ1v) is 11.0. The van der Waals surface area contributed by atoms with E-state index in [0.29, 0.717) is 49.1 Å². The molecule has 1 saturated heterocycles. The number of rotatable bonds is 7. The summed E-state index contributed by atoms with van der Waals surface area (Å²) in [5.41, 5.74) is 2.35. The van der Waals surface area contributed by atoms with Crippen LogP contribution in [0.2, 0.25) is 0 Å². The summed E-state index contributed by atoms with van der Waals surface area (Å²) in [7, 11) is 0. The standard InChI is InChI=1S/C26H25FN2O5/c1-2-33-26(31)22-17-20(7-10-23(22)29-13-15-32-16-14-29)28-25(30)12-9-21-8-11-24(34-21)18-3-5-19(27)6-4-18/h3-12,17H,2,13-16H2,1H3,(H,28,30)/b12-9+. The van der Waals surface area contributed by atoms with Crippen LogP contribution in [0.5, 0.6) is 0 Å². The number of hydrogen-bond donors (Lipinski definition) is 1. The number of halogens is 1. The monoisotopic (exact) mass is 464 g/mol. The Morgan fingerprint density at radius 1 is 1.09 bits per heavy atom. The van der Waals surface area contributed by atoms with E-state index < -0.39 is 5.97 Å². The van der Waals surface area contributed by atoms with Gasteiger partial charge < -0.3 is 24.1 Å². The molecule has 0 radical (unpaired) electrons. The summed E-state index contributed by atoms with van der Waals surface area (Å²) in [6, 6.07) is 14.6. The number of ether oxygens (including phenoxy) is 2. The fourth-order valence-corrected chi connectivity index (χ4v) is 3.62. The first-order valence-electron chi connectivity index (χ1n) is 11.0. The van der Waals surface area contributed by atoms with Crippen LogP contribution in [-0.2, 0) is 14.3 Å². The maximum Gasteiger partial charge on any atom is 0.340 e. The maximum absolute atomic E-state index is 13.1. The van der Waals surface area contributed by atoms with Crippen molar-refractivity contribution in [3.05, 3.63) is 77.8 Å². The Hall–Kier alpha value is -3.91. The summed E-state index contributed by atoms with van der Waals surface area (Å²) in [6.45, 7) is 4.51. The van der Waals surface area contributed by atoms with Crippen molar-refractivity contribution < 1.29 is 27.9 Å². The minimum absolute atomic E-state index is 0.254. The Balaban J connectivity index is 1.46. The lowest BCUT2D eigenvalue weighted by Crippen LogP contribution is -2.37. The molecule has 0 aliphatic carbocycles. The van der Waals surface area contributed by atoms with Crippen LogP contribution < -0.4 is 10.2 Å². The van der Waals surface area contributed by atoms with Crippen LogP contribution in [0.1, 0.15) is 23.0 Å². The molecular formula is C26H25FN2O5.